The van der Waals surface area contributed by atoms with E-state index >= 15 is 0 Å². The number of rotatable bonds is 7. The van der Waals surface area contributed by atoms with Crippen molar-refractivity contribution in [1.29, 1.82) is 0 Å². The standard InChI is InChI=1S/C18H26N2O/c1-4-15(3)20-11-10-17(19-20)13-18(21)12-14(2)16-8-6-5-7-9-16/h5-11,14-15,18,21H,4,12-13H2,1-3H3. The molecule has 0 aliphatic rings. The van der Waals surface area contributed by atoms with Crippen molar-refractivity contribution in [1.82, 2.24) is 9.78 Å². The lowest BCUT2D eigenvalue weighted by Crippen LogP contribution is -2.15. The zero-order valence-electron chi connectivity index (χ0n) is 13.2. The van der Waals surface area contributed by atoms with Gasteiger partial charge in [0, 0.05) is 18.7 Å². The van der Waals surface area contributed by atoms with Crippen LogP contribution in [0.1, 0.15) is 56.8 Å². The Kier molecular flexibility index (Phi) is 5.57. The summed E-state index contributed by atoms with van der Waals surface area (Å²) in [6.07, 6.45) is 4.12. The monoisotopic (exact) mass is 286 g/mol. The van der Waals surface area contributed by atoms with E-state index in [4.69, 9.17) is 0 Å². The van der Waals surface area contributed by atoms with Gasteiger partial charge in [-0.3, -0.25) is 4.68 Å². The Labute approximate surface area is 127 Å². The first kappa shape index (κ1) is 15.8. The minimum absolute atomic E-state index is 0.347. The molecule has 3 heteroatoms. The van der Waals surface area contributed by atoms with E-state index in [-0.39, 0.29) is 6.10 Å². The van der Waals surface area contributed by atoms with Gasteiger partial charge in [0.15, 0.2) is 0 Å². The Hall–Kier alpha value is -1.61. The van der Waals surface area contributed by atoms with Gasteiger partial charge in [-0.25, -0.2) is 0 Å². The van der Waals surface area contributed by atoms with Crippen LogP contribution in [0.5, 0.6) is 0 Å². The van der Waals surface area contributed by atoms with Gasteiger partial charge in [0.05, 0.1) is 11.8 Å². The van der Waals surface area contributed by atoms with Crippen LogP contribution in [0.3, 0.4) is 0 Å². The molecule has 0 radical (unpaired) electrons. The molecule has 3 atom stereocenters. The number of aliphatic hydroxyl groups excluding tert-OH is 1. The summed E-state index contributed by atoms with van der Waals surface area (Å²) in [6, 6.07) is 12.8. The summed E-state index contributed by atoms with van der Waals surface area (Å²) in [5.74, 6) is 0.359. The van der Waals surface area contributed by atoms with Gasteiger partial charge in [0.2, 0.25) is 0 Å². The molecule has 2 aromatic rings. The van der Waals surface area contributed by atoms with Crippen LogP contribution in [-0.4, -0.2) is 21.0 Å². The van der Waals surface area contributed by atoms with E-state index < -0.39 is 0 Å². The van der Waals surface area contributed by atoms with Crippen molar-refractivity contribution in [2.24, 2.45) is 0 Å². The zero-order valence-corrected chi connectivity index (χ0v) is 13.2. The molecule has 0 saturated heterocycles. The summed E-state index contributed by atoms with van der Waals surface area (Å²) in [4.78, 5) is 0. The molecular formula is C18H26N2O. The minimum atomic E-state index is -0.347. The average Bonchev–Trinajstić information content (AvgIpc) is 2.95. The second kappa shape index (κ2) is 7.41. The van der Waals surface area contributed by atoms with Crippen LogP contribution in [0.25, 0.3) is 0 Å². The van der Waals surface area contributed by atoms with E-state index in [1.165, 1.54) is 5.56 Å². The molecule has 0 saturated carbocycles. The van der Waals surface area contributed by atoms with Crippen molar-refractivity contribution < 1.29 is 5.11 Å². The van der Waals surface area contributed by atoms with Crippen LogP contribution in [0.4, 0.5) is 0 Å². The minimum Gasteiger partial charge on any atom is -0.393 e. The van der Waals surface area contributed by atoms with E-state index in [2.05, 4.69) is 38.0 Å². The molecule has 1 aromatic heterocycles. The second-order valence-electron chi connectivity index (χ2n) is 5.95. The van der Waals surface area contributed by atoms with E-state index in [9.17, 15) is 5.11 Å². The van der Waals surface area contributed by atoms with Crippen molar-refractivity contribution in [2.75, 3.05) is 0 Å². The molecule has 0 aliphatic heterocycles. The number of hydrogen-bond donors (Lipinski definition) is 1. The molecule has 1 N–H and O–H groups in total. The maximum Gasteiger partial charge on any atom is 0.0650 e. The van der Waals surface area contributed by atoms with Crippen molar-refractivity contribution in [3.8, 4) is 0 Å². The molecular weight excluding hydrogens is 260 g/mol. The third kappa shape index (κ3) is 4.43. The molecule has 0 spiro atoms. The molecule has 2 rings (SSSR count). The number of benzene rings is 1. The Morgan fingerprint density at radius 1 is 1.14 bits per heavy atom. The van der Waals surface area contributed by atoms with E-state index in [0.29, 0.717) is 18.4 Å². The van der Waals surface area contributed by atoms with E-state index in [1.54, 1.807) is 0 Å². The van der Waals surface area contributed by atoms with Gasteiger partial charge < -0.3 is 5.11 Å². The van der Waals surface area contributed by atoms with Crippen LogP contribution in [0.15, 0.2) is 42.6 Å². The lowest BCUT2D eigenvalue weighted by Gasteiger charge is -2.16. The van der Waals surface area contributed by atoms with Crippen LogP contribution in [0.2, 0.25) is 0 Å². The average molecular weight is 286 g/mol. The predicted molar refractivity (Wildman–Crippen MR) is 86.4 cm³/mol. The molecule has 21 heavy (non-hydrogen) atoms. The zero-order chi connectivity index (χ0) is 15.2. The first-order valence-corrected chi connectivity index (χ1v) is 7.87. The summed E-state index contributed by atoms with van der Waals surface area (Å²) in [5, 5.41) is 14.8. The van der Waals surface area contributed by atoms with E-state index in [1.807, 2.05) is 35.1 Å². The first-order chi connectivity index (χ1) is 10.1. The fraction of sp³-hybridized carbons (Fsp3) is 0.500. The summed E-state index contributed by atoms with van der Waals surface area (Å²) < 4.78 is 1.99. The number of hydrogen-bond acceptors (Lipinski definition) is 2. The van der Waals surface area contributed by atoms with Gasteiger partial charge in [-0.15, -0.1) is 0 Å². The molecule has 3 nitrogen and oxygen atoms in total. The van der Waals surface area contributed by atoms with Gasteiger partial charge >= 0.3 is 0 Å². The van der Waals surface area contributed by atoms with Crippen LogP contribution >= 0.6 is 0 Å². The van der Waals surface area contributed by atoms with Crippen molar-refractivity contribution >= 4 is 0 Å². The molecule has 3 unspecified atom stereocenters. The topological polar surface area (TPSA) is 38.0 Å². The Balaban J connectivity index is 1.89. The number of aromatic nitrogens is 2. The van der Waals surface area contributed by atoms with Gasteiger partial charge in [0.1, 0.15) is 0 Å². The maximum absolute atomic E-state index is 10.3. The third-order valence-electron chi connectivity index (χ3n) is 4.14. The fourth-order valence-corrected chi connectivity index (χ4v) is 2.57. The highest BCUT2D eigenvalue weighted by Gasteiger charge is 2.14. The number of aliphatic hydroxyl groups is 1. The molecule has 0 aliphatic carbocycles. The molecule has 0 amide bonds. The summed E-state index contributed by atoms with van der Waals surface area (Å²) in [5.41, 5.74) is 2.25. The van der Waals surface area contributed by atoms with Crippen LogP contribution in [0, 0.1) is 0 Å². The lowest BCUT2D eigenvalue weighted by molar-refractivity contribution is 0.156. The van der Waals surface area contributed by atoms with Gasteiger partial charge in [-0.2, -0.15) is 5.10 Å². The van der Waals surface area contributed by atoms with Crippen LogP contribution < -0.4 is 0 Å². The van der Waals surface area contributed by atoms with Crippen molar-refractivity contribution in [3.05, 3.63) is 53.9 Å². The van der Waals surface area contributed by atoms with Crippen molar-refractivity contribution in [3.63, 3.8) is 0 Å². The quantitative estimate of drug-likeness (QED) is 0.837. The highest BCUT2D eigenvalue weighted by atomic mass is 16.3. The van der Waals surface area contributed by atoms with Crippen molar-refractivity contribution in [2.45, 2.75) is 58.1 Å². The SMILES string of the molecule is CCC(C)n1ccc(CC(O)CC(C)c2ccccc2)n1. The smallest absolute Gasteiger partial charge is 0.0650 e. The number of nitrogens with zero attached hydrogens (tertiary/aromatic N) is 2. The third-order valence-corrected chi connectivity index (χ3v) is 4.14. The first-order valence-electron chi connectivity index (χ1n) is 7.87. The molecule has 0 bridgehead atoms. The lowest BCUT2D eigenvalue weighted by atomic mass is 9.93. The summed E-state index contributed by atoms with van der Waals surface area (Å²) in [7, 11) is 0. The molecule has 1 aromatic carbocycles. The summed E-state index contributed by atoms with van der Waals surface area (Å²) in [6.45, 7) is 6.48. The molecule has 1 heterocycles. The Bertz CT molecular complexity index is 535. The Morgan fingerprint density at radius 3 is 2.52 bits per heavy atom. The van der Waals surface area contributed by atoms with Gasteiger partial charge in [-0.1, -0.05) is 44.2 Å². The maximum atomic E-state index is 10.3. The largest absolute Gasteiger partial charge is 0.393 e. The predicted octanol–water partition coefficient (Wildman–Crippen LogP) is 3.95. The Morgan fingerprint density at radius 2 is 1.86 bits per heavy atom. The van der Waals surface area contributed by atoms with Crippen LogP contribution in [-0.2, 0) is 6.42 Å². The second-order valence-corrected chi connectivity index (χ2v) is 5.95. The highest BCUT2D eigenvalue weighted by molar-refractivity contribution is 5.19. The molecule has 114 valence electrons. The normalized spacial score (nSPS) is 15.6. The fourth-order valence-electron chi connectivity index (χ4n) is 2.57. The highest BCUT2D eigenvalue weighted by Crippen LogP contribution is 2.21. The van der Waals surface area contributed by atoms with Gasteiger partial charge in [-0.05, 0) is 37.3 Å². The van der Waals surface area contributed by atoms with Gasteiger partial charge in [0.25, 0.3) is 0 Å². The summed E-state index contributed by atoms with van der Waals surface area (Å²) >= 11 is 0. The molecule has 0 fully saturated rings. The van der Waals surface area contributed by atoms with E-state index in [0.717, 1.165) is 18.5 Å².